The Kier molecular flexibility index (Phi) is 6.43. The van der Waals surface area contributed by atoms with E-state index in [1.54, 1.807) is 7.11 Å². The first-order chi connectivity index (χ1) is 14.8. The lowest BCUT2D eigenvalue weighted by Gasteiger charge is -2.42. The molecule has 1 N–H and O–H groups in total. The summed E-state index contributed by atoms with van der Waals surface area (Å²) in [7, 11) is 1.68. The van der Waals surface area contributed by atoms with E-state index >= 15 is 0 Å². The highest BCUT2D eigenvalue weighted by Crippen LogP contribution is 2.59. The minimum Gasteiger partial charge on any atom is -0.443 e. The molecular weight excluding hydrogens is 400 g/mol. The molecule has 8 nitrogen and oxygen atoms in total. The molecule has 2 saturated carbocycles. The lowest BCUT2D eigenvalue weighted by atomic mass is 9.68. The number of nitroso groups, excluding NO2 is 1. The van der Waals surface area contributed by atoms with Gasteiger partial charge in [0.1, 0.15) is 23.4 Å². The van der Waals surface area contributed by atoms with Crippen LogP contribution in [0.15, 0.2) is 16.8 Å². The number of amides is 1. The van der Waals surface area contributed by atoms with E-state index in [-0.39, 0.29) is 47.5 Å². The fraction of sp³-hybridized carbons (Fsp3) is 0.870. The third-order valence-electron chi connectivity index (χ3n) is 7.66. The summed E-state index contributed by atoms with van der Waals surface area (Å²) in [5.74, 6) is 0.0150. The zero-order valence-electron chi connectivity index (χ0n) is 19.1. The van der Waals surface area contributed by atoms with Crippen molar-refractivity contribution in [2.45, 2.75) is 107 Å². The van der Waals surface area contributed by atoms with Gasteiger partial charge in [-0.2, -0.15) is 4.91 Å². The molecule has 174 valence electrons. The second-order valence-electron chi connectivity index (χ2n) is 10.1. The van der Waals surface area contributed by atoms with Gasteiger partial charge in [0.15, 0.2) is 0 Å². The van der Waals surface area contributed by atoms with Crippen LogP contribution in [0.1, 0.15) is 65.7 Å². The molecular formula is C23H36N2O6. The van der Waals surface area contributed by atoms with E-state index in [2.05, 4.69) is 37.3 Å². The van der Waals surface area contributed by atoms with Crippen LogP contribution in [-0.2, 0) is 18.9 Å². The van der Waals surface area contributed by atoms with Gasteiger partial charge in [-0.05, 0) is 65.7 Å². The minimum atomic E-state index is -0.413. The first-order valence-corrected chi connectivity index (χ1v) is 11.6. The SMILES string of the molecule is COC1C(OC(=O)NC2CCC(N=O)CC2)CC[C@]2(CO2)C1[C@@]1(C)O[C@@H]1CC=C(C)C. The number of epoxide rings is 2. The Balaban J connectivity index is 1.38. The van der Waals surface area contributed by atoms with Crippen LogP contribution in [0.5, 0.6) is 0 Å². The molecule has 8 heteroatoms. The highest BCUT2D eigenvalue weighted by Gasteiger charge is 2.72. The molecule has 2 aliphatic carbocycles. The summed E-state index contributed by atoms with van der Waals surface area (Å²) >= 11 is 0. The average molecular weight is 437 g/mol. The Morgan fingerprint density at radius 3 is 2.52 bits per heavy atom. The molecule has 6 atom stereocenters. The van der Waals surface area contributed by atoms with Gasteiger partial charge in [0.2, 0.25) is 0 Å². The van der Waals surface area contributed by atoms with E-state index < -0.39 is 6.09 Å². The molecule has 3 unspecified atom stereocenters. The van der Waals surface area contributed by atoms with Crippen molar-refractivity contribution in [3.8, 4) is 0 Å². The first kappa shape index (κ1) is 22.7. The van der Waals surface area contributed by atoms with Crippen molar-refractivity contribution >= 4 is 6.09 Å². The molecule has 0 aromatic heterocycles. The van der Waals surface area contributed by atoms with E-state index in [0.717, 1.165) is 25.7 Å². The van der Waals surface area contributed by atoms with Gasteiger partial charge in [-0.15, -0.1) is 0 Å². The van der Waals surface area contributed by atoms with Crippen molar-refractivity contribution in [2.75, 3.05) is 13.7 Å². The Labute approximate surface area is 184 Å². The van der Waals surface area contributed by atoms with Crippen LogP contribution >= 0.6 is 0 Å². The first-order valence-electron chi connectivity index (χ1n) is 11.6. The number of allylic oxidation sites excluding steroid dienone is 1. The molecule has 4 aliphatic rings. The van der Waals surface area contributed by atoms with Crippen LogP contribution in [0.3, 0.4) is 0 Å². The highest BCUT2D eigenvalue weighted by atomic mass is 16.6. The number of nitrogens with zero attached hydrogens (tertiary/aromatic N) is 1. The monoisotopic (exact) mass is 436 g/mol. The number of rotatable bonds is 7. The quantitative estimate of drug-likeness (QED) is 0.369. The molecule has 31 heavy (non-hydrogen) atoms. The summed E-state index contributed by atoms with van der Waals surface area (Å²) in [6, 6.07) is -0.0962. The van der Waals surface area contributed by atoms with Crippen LogP contribution in [0, 0.1) is 10.8 Å². The van der Waals surface area contributed by atoms with Gasteiger partial charge < -0.3 is 24.3 Å². The average Bonchev–Trinajstić information content (AvgIpc) is 3.65. The molecule has 4 rings (SSSR count). The van der Waals surface area contributed by atoms with Gasteiger partial charge in [-0.1, -0.05) is 16.8 Å². The fourth-order valence-corrected chi connectivity index (χ4v) is 5.73. The van der Waals surface area contributed by atoms with Gasteiger partial charge >= 0.3 is 6.09 Å². The summed E-state index contributed by atoms with van der Waals surface area (Å²) in [5.41, 5.74) is 0.700. The normalized spacial score (nSPS) is 43.7. The largest absolute Gasteiger partial charge is 0.443 e. The summed E-state index contributed by atoms with van der Waals surface area (Å²) in [6.07, 6.45) is 6.63. The number of hydrogen-bond donors (Lipinski definition) is 1. The zero-order valence-corrected chi connectivity index (χ0v) is 19.1. The zero-order chi connectivity index (χ0) is 22.2. The molecule has 0 aromatic carbocycles. The van der Waals surface area contributed by atoms with Crippen molar-refractivity contribution in [1.82, 2.24) is 5.32 Å². The van der Waals surface area contributed by atoms with Crippen molar-refractivity contribution in [2.24, 2.45) is 11.1 Å². The van der Waals surface area contributed by atoms with Gasteiger partial charge in [0.25, 0.3) is 0 Å². The molecule has 2 aliphatic heterocycles. The van der Waals surface area contributed by atoms with E-state index in [1.165, 1.54) is 5.57 Å². The van der Waals surface area contributed by atoms with Gasteiger partial charge in [-0.25, -0.2) is 4.79 Å². The third-order valence-corrected chi connectivity index (χ3v) is 7.66. The number of carbonyl (C=O) groups excluding carboxylic acids is 1. The second-order valence-corrected chi connectivity index (χ2v) is 10.1. The molecule has 0 aromatic rings. The fourth-order valence-electron chi connectivity index (χ4n) is 5.73. The van der Waals surface area contributed by atoms with Gasteiger partial charge in [0.05, 0.1) is 24.7 Å². The lowest BCUT2D eigenvalue weighted by molar-refractivity contribution is -0.118. The summed E-state index contributed by atoms with van der Waals surface area (Å²) in [4.78, 5) is 23.3. The van der Waals surface area contributed by atoms with Crippen molar-refractivity contribution in [3.05, 3.63) is 16.6 Å². The van der Waals surface area contributed by atoms with E-state index in [9.17, 15) is 9.70 Å². The highest BCUT2D eigenvalue weighted by molar-refractivity contribution is 5.68. The van der Waals surface area contributed by atoms with Crippen LogP contribution in [0.25, 0.3) is 0 Å². The minimum absolute atomic E-state index is 0.0150. The maximum atomic E-state index is 12.6. The Bertz CT molecular complexity index is 711. The van der Waals surface area contributed by atoms with Crippen molar-refractivity contribution in [3.63, 3.8) is 0 Å². The number of alkyl carbamates (subject to hydrolysis) is 1. The molecule has 2 heterocycles. The topological polar surface area (TPSA) is 102 Å². The molecule has 4 fully saturated rings. The van der Waals surface area contributed by atoms with Crippen molar-refractivity contribution < 1.29 is 23.7 Å². The molecule has 0 radical (unpaired) electrons. The summed E-state index contributed by atoms with van der Waals surface area (Å²) in [6.45, 7) is 7.03. The molecule has 1 amide bonds. The number of nitrogens with one attached hydrogen (secondary N) is 1. The molecule has 2 saturated heterocycles. The predicted octanol–water partition coefficient (Wildman–Crippen LogP) is 3.87. The number of ether oxygens (including phenoxy) is 4. The lowest BCUT2D eigenvalue weighted by Crippen LogP contribution is -2.56. The smallest absolute Gasteiger partial charge is 0.407 e. The predicted molar refractivity (Wildman–Crippen MR) is 115 cm³/mol. The van der Waals surface area contributed by atoms with Crippen LogP contribution in [0.4, 0.5) is 4.79 Å². The Hall–Kier alpha value is -1.51. The van der Waals surface area contributed by atoms with E-state index in [4.69, 9.17) is 18.9 Å². The standard InChI is InChI=1S/C23H36N2O6/c1-14(2)5-10-18-22(3,31-18)20-19(28-4)17(11-12-23(20)13-29-23)30-21(26)24-15-6-8-16(25-27)9-7-15/h5,15-20H,6-13H2,1-4H3,(H,24,26)/t15?,16?,17?,18-,19?,20?,22+,23+/m1/s1. The maximum absolute atomic E-state index is 12.6. The third kappa shape index (κ3) is 4.66. The summed E-state index contributed by atoms with van der Waals surface area (Å²) in [5, 5.41) is 6.10. The maximum Gasteiger partial charge on any atom is 0.407 e. The molecule has 1 spiro atoms. The van der Waals surface area contributed by atoms with Crippen molar-refractivity contribution in [1.29, 1.82) is 0 Å². The number of methoxy groups -OCH3 is 1. The Morgan fingerprint density at radius 2 is 1.94 bits per heavy atom. The van der Waals surface area contributed by atoms with Crippen LogP contribution in [-0.4, -0.2) is 61.4 Å². The second kappa shape index (κ2) is 8.79. The van der Waals surface area contributed by atoms with E-state index in [0.29, 0.717) is 25.9 Å². The Morgan fingerprint density at radius 1 is 1.23 bits per heavy atom. The number of hydrogen-bond acceptors (Lipinski definition) is 7. The van der Waals surface area contributed by atoms with Gasteiger partial charge in [-0.3, -0.25) is 0 Å². The summed E-state index contributed by atoms with van der Waals surface area (Å²) < 4.78 is 24.0. The molecule has 0 bridgehead atoms. The van der Waals surface area contributed by atoms with Crippen LogP contribution in [0.2, 0.25) is 0 Å². The van der Waals surface area contributed by atoms with Crippen LogP contribution < -0.4 is 5.32 Å². The number of carbonyl (C=O) groups is 1. The van der Waals surface area contributed by atoms with E-state index in [1.807, 2.05) is 0 Å². The van der Waals surface area contributed by atoms with Gasteiger partial charge in [0, 0.05) is 13.2 Å².